The van der Waals surface area contributed by atoms with Crippen LogP contribution in [0.1, 0.15) is 44.7 Å². The Balaban J connectivity index is 1.86. The molecule has 1 N–H and O–H groups in total. The van der Waals surface area contributed by atoms with Crippen LogP contribution in [0.5, 0.6) is 0 Å². The third kappa shape index (κ3) is 2.54. The molecule has 2 aromatic carbocycles. The summed E-state index contributed by atoms with van der Waals surface area (Å²) >= 11 is 0. The molecule has 114 valence electrons. The lowest BCUT2D eigenvalue weighted by molar-refractivity contribution is -0.140. The van der Waals surface area contributed by atoms with Crippen molar-refractivity contribution in [2.75, 3.05) is 0 Å². The Morgan fingerprint density at radius 1 is 0.909 bits per heavy atom. The van der Waals surface area contributed by atoms with Gasteiger partial charge in [-0.15, -0.1) is 0 Å². The maximum atomic E-state index is 11.4. The first kappa shape index (κ1) is 14.8. The molecule has 0 aromatic heterocycles. The van der Waals surface area contributed by atoms with Crippen LogP contribution in [0.15, 0.2) is 48.5 Å². The smallest absolute Gasteiger partial charge is 0.314 e. The molecule has 3 rings (SSSR count). The minimum atomic E-state index is -0.699. The Morgan fingerprint density at radius 2 is 1.36 bits per heavy atom. The number of hydrogen-bond acceptors (Lipinski definition) is 1. The fourth-order valence-corrected chi connectivity index (χ4v) is 2.90. The van der Waals surface area contributed by atoms with E-state index in [-0.39, 0.29) is 5.41 Å². The number of hydrogen-bond donors (Lipinski definition) is 1. The zero-order chi connectivity index (χ0) is 16.0. The van der Waals surface area contributed by atoms with Crippen molar-refractivity contribution in [3.05, 3.63) is 59.7 Å². The van der Waals surface area contributed by atoms with Gasteiger partial charge in [-0.05, 0) is 40.5 Å². The highest BCUT2D eigenvalue weighted by molar-refractivity contribution is 5.85. The lowest BCUT2D eigenvalue weighted by Gasteiger charge is -2.19. The maximum Gasteiger partial charge on any atom is 0.314 e. The summed E-state index contributed by atoms with van der Waals surface area (Å²) in [7, 11) is 0. The van der Waals surface area contributed by atoms with Crippen LogP contribution < -0.4 is 0 Å². The van der Waals surface area contributed by atoms with Crippen molar-refractivity contribution in [2.45, 2.75) is 44.4 Å². The lowest BCUT2D eigenvalue weighted by atomic mass is 9.86. The lowest BCUT2D eigenvalue weighted by Crippen LogP contribution is -2.19. The summed E-state index contributed by atoms with van der Waals surface area (Å²) in [6.07, 6.45) is 1.50. The molecule has 0 heterocycles. The van der Waals surface area contributed by atoms with Crippen molar-refractivity contribution in [1.29, 1.82) is 0 Å². The predicted octanol–water partition coefficient (Wildman–Crippen LogP) is 4.77. The Bertz CT molecular complexity index is 684. The number of rotatable bonds is 3. The van der Waals surface area contributed by atoms with Crippen LogP contribution in [0, 0.1) is 0 Å². The average Bonchev–Trinajstić information content (AvgIpc) is 3.28. The van der Waals surface area contributed by atoms with E-state index in [1.54, 1.807) is 0 Å². The fourth-order valence-electron chi connectivity index (χ4n) is 2.90. The second-order valence-corrected chi connectivity index (χ2v) is 7.29. The van der Waals surface area contributed by atoms with Crippen LogP contribution in [0.4, 0.5) is 0 Å². The van der Waals surface area contributed by atoms with Gasteiger partial charge in [0, 0.05) is 0 Å². The van der Waals surface area contributed by atoms with Gasteiger partial charge < -0.3 is 5.11 Å². The molecule has 1 aliphatic carbocycles. The zero-order valence-electron chi connectivity index (χ0n) is 13.4. The molecule has 1 aliphatic rings. The molecule has 0 saturated heterocycles. The van der Waals surface area contributed by atoms with Crippen molar-refractivity contribution >= 4 is 5.97 Å². The molecule has 0 spiro atoms. The Hall–Kier alpha value is -2.09. The molecular formula is C20H22O2. The minimum Gasteiger partial charge on any atom is -0.481 e. The molecule has 0 unspecified atom stereocenters. The molecule has 1 fully saturated rings. The van der Waals surface area contributed by atoms with E-state index < -0.39 is 11.4 Å². The van der Waals surface area contributed by atoms with Gasteiger partial charge in [-0.3, -0.25) is 4.79 Å². The molecule has 2 aromatic rings. The van der Waals surface area contributed by atoms with E-state index >= 15 is 0 Å². The number of carbonyl (C=O) groups is 1. The largest absolute Gasteiger partial charge is 0.481 e. The quantitative estimate of drug-likeness (QED) is 0.885. The molecule has 2 heteroatoms. The van der Waals surface area contributed by atoms with Crippen LogP contribution in [0.25, 0.3) is 11.1 Å². The van der Waals surface area contributed by atoms with E-state index in [9.17, 15) is 9.90 Å². The van der Waals surface area contributed by atoms with Gasteiger partial charge in [0.05, 0.1) is 5.41 Å². The first-order valence-corrected chi connectivity index (χ1v) is 7.78. The van der Waals surface area contributed by atoms with Crippen LogP contribution in [-0.4, -0.2) is 11.1 Å². The van der Waals surface area contributed by atoms with E-state index in [1.165, 1.54) is 11.1 Å². The highest BCUT2D eigenvalue weighted by atomic mass is 16.4. The topological polar surface area (TPSA) is 37.3 Å². The highest BCUT2D eigenvalue weighted by Crippen LogP contribution is 2.48. The van der Waals surface area contributed by atoms with Gasteiger partial charge >= 0.3 is 5.97 Å². The molecule has 2 nitrogen and oxygen atoms in total. The Kier molecular flexibility index (Phi) is 3.36. The van der Waals surface area contributed by atoms with Crippen LogP contribution in [0.3, 0.4) is 0 Å². The number of carboxylic acids is 1. The van der Waals surface area contributed by atoms with Crippen LogP contribution in [-0.2, 0) is 15.6 Å². The molecule has 0 atom stereocenters. The van der Waals surface area contributed by atoms with Gasteiger partial charge in [0.2, 0.25) is 0 Å². The highest BCUT2D eigenvalue weighted by Gasteiger charge is 2.51. The van der Waals surface area contributed by atoms with Gasteiger partial charge in [-0.1, -0.05) is 69.3 Å². The number of carboxylic acid groups (broad SMARTS) is 1. The molecule has 1 saturated carbocycles. The minimum absolute atomic E-state index is 0.155. The van der Waals surface area contributed by atoms with E-state index in [0.717, 1.165) is 24.0 Å². The summed E-state index contributed by atoms with van der Waals surface area (Å²) < 4.78 is 0. The molecule has 22 heavy (non-hydrogen) atoms. The molecule has 0 aliphatic heterocycles. The van der Waals surface area contributed by atoms with Crippen molar-refractivity contribution in [3.8, 4) is 11.1 Å². The van der Waals surface area contributed by atoms with Crippen molar-refractivity contribution in [3.63, 3.8) is 0 Å². The third-order valence-corrected chi connectivity index (χ3v) is 4.68. The molecule has 0 radical (unpaired) electrons. The van der Waals surface area contributed by atoms with Gasteiger partial charge in [-0.2, -0.15) is 0 Å². The summed E-state index contributed by atoms with van der Waals surface area (Å²) in [5.74, 6) is -0.699. The number of benzene rings is 2. The fraction of sp³-hybridized carbons (Fsp3) is 0.350. The van der Waals surface area contributed by atoms with E-state index in [1.807, 2.05) is 24.3 Å². The summed E-state index contributed by atoms with van der Waals surface area (Å²) in [4.78, 5) is 11.4. The van der Waals surface area contributed by atoms with Crippen molar-refractivity contribution < 1.29 is 9.90 Å². The van der Waals surface area contributed by atoms with E-state index in [2.05, 4.69) is 45.0 Å². The Labute approximate surface area is 131 Å². The zero-order valence-corrected chi connectivity index (χ0v) is 13.4. The monoisotopic (exact) mass is 294 g/mol. The molecule has 0 bridgehead atoms. The summed E-state index contributed by atoms with van der Waals surface area (Å²) in [6, 6.07) is 16.6. The molecule has 0 amide bonds. The number of aliphatic carboxylic acids is 1. The van der Waals surface area contributed by atoms with Crippen LogP contribution in [0.2, 0.25) is 0 Å². The van der Waals surface area contributed by atoms with E-state index in [4.69, 9.17) is 0 Å². The second-order valence-electron chi connectivity index (χ2n) is 7.29. The third-order valence-electron chi connectivity index (χ3n) is 4.68. The summed E-state index contributed by atoms with van der Waals surface area (Å²) in [5, 5.41) is 9.35. The normalized spacial score (nSPS) is 16.3. The maximum absolute atomic E-state index is 11.4. The van der Waals surface area contributed by atoms with Crippen molar-refractivity contribution in [2.24, 2.45) is 0 Å². The first-order chi connectivity index (χ1) is 10.3. The predicted molar refractivity (Wildman–Crippen MR) is 89.1 cm³/mol. The van der Waals surface area contributed by atoms with Crippen LogP contribution >= 0.6 is 0 Å². The van der Waals surface area contributed by atoms with Gasteiger partial charge in [0.1, 0.15) is 0 Å². The second kappa shape index (κ2) is 4.98. The van der Waals surface area contributed by atoms with E-state index in [0.29, 0.717) is 0 Å². The Morgan fingerprint density at radius 3 is 1.73 bits per heavy atom. The molecular weight excluding hydrogens is 272 g/mol. The van der Waals surface area contributed by atoms with Gasteiger partial charge in [-0.25, -0.2) is 0 Å². The SMILES string of the molecule is CC(C)(C)c1ccc(-c2ccc(C3(C(=O)O)CC3)cc2)cc1. The summed E-state index contributed by atoms with van der Waals surface area (Å²) in [6.45, 7) is 6.62. The van der Waals surface area contributed by atoms with Gasteiger partial charge in [0.25, 0.3) is 0 Å². The standard InChI is InChI=1S/C20H22O2/c1-19(2,3)16-8-4-14(5-9-16)15-6-10-17(11-7-15)20(12-13-20)18(21)22/h4-11H,12-13H2,1-3H3,(H,21,22). The first-order valence-electron chi connectivity index (χ1n) is 7.78. The van der Waals surface area contributed by atoms with Crippen molar-refractivity contribution in [1.82, 2.24) is 0 Å². The summed E-state index contributed by atoms with van der Waals surface area (Å²) in [5.41, 5.74) is 4.08. The van der Waals surface area contributed by atoms with Gasteiger partial charge in [0.15, 0.2) is 0 Å². The average molecular weight is 294 g/mol.